The van der Waals surface area contributed by atoms with E-state index < -0.39 is 17.5 Å². The van der Waals surface area contributed by atoms with E-state index in [9.17, 15) is 19.8 Å². The molecule has 0 atom stereocenters. The summed E-state index contributed by atoms with van der Waals surface area (Å²) in [6.07, 6.45) is 0. The Labute approximate surface area is 199 Å². The van der Waals surface area contributed by atoms with Crippen molar-refractivity contribution in [2.24, 2.45) is 0 Å². The Morgan fingerprint density at radius 1 is 0.486 bits per heavy atom. The Morgan fingerprint density at radius 2 is 0.857 bits per heavy atom. The molecule has 0 aliphatic heterocycles. The quantitative estimate of drug-likeness (QED) is 0.239. The van der Waals surface area contributed by atoms with Crippen molar-refractivity contribution in [1.82, 2.24) is 0 Å². The summed E-state index contributed by atoms with van der Waals surface area (Å²) >= 11 is 0. The van der Waals surface area contributed by atoms with E-state index in [1.54, 1.807) is 66.7 Å². The molecule has 0 radical (unpaired) electrons. The molecule has 0 spiro atoms. The highest BCUT2D eigenvalue weighted by Gasteiger charge is 2.17. The molecule has 0 aliphatic carbocycles. The van der Waals surface area contributed by atoms with Gasteiger partial charge in [-0.15, -0.1) is 0 Å². The van der Waals surface area contributed by atoms with Crippen molar-refractivity contribution < 1.29 is 34.0 Å². The van der Waals surface area contributed by atoms with E-state index in [1.807, 2.05) is 0 Å². The maximum absolute atomic E-state index is 11.5. The minimum absolute atomic E-state index is 0.121. The average molecular weight is 472 g/mol. The van der Waals surface area contributed by atoms with Gasteiger partial charge in [0.1, 0.15) is 34.5 Å². The SMILES string of the molecule is Nc1ccc(Oc2cc(Oc3ccc(N)cc3)cc(Oc3ccc(C(=O)O)c(C(=O)O)c3)c2)cc1. The fourth-order valence-electron chi connectivity index (χ4n) is 3.15. The lowest BCUT2D eigenvalue weighted by atomic mass is 10.1. The predicted octanol–water partition coefficient (Wildman–Crippen LogP) is 5.62. The van der Waals surface area contributed by atoms with Crippen LogP contribution in [-0.2, 0) is 0 Å². The summed E-state index contributed by atoms with van der Waals surface area (Å²) in [6, 6.07) is 22.1. The van der Waals surface area contributed by atoms with Gasteiger partial charge in [-0.2, -0.15) is 0 Å². The second-order valence-electron chi connectivity index (χ2n) is 7.40. The second kappa shape index (κ2) is 9.75. The molecule has 0 amide bonds. The first-order chi connectivity index (χ1) is 16.8. The number of rotatable bonds is 8. The predicted molar refractivity (Wildman–Crippen MR) is 129 cm³/mol. The number of nitrogen functional groups attached to an aromatic ring is 2. The molecule has 0 bridgehead atoms. The summed E-state index contributed by atoms with van der Waals surface area (Å²) in [5.41, 5.74) is 11.9. The van der Waals surface area contributed by atoms with E-state index in [-0.39, 0.29) is 17.1 Å². The van der Waals surface area contributed by atoms with E-state index in [1.165, 1.54) is 12.1 Å². The number of aromatic carboxylic acids is 2. The molecule has 4 aromatic carbocycles. The Morgan fingerprint density at radius 3 is 1.26 bits per heavy atom. The van der Waals surface area contributed by atoms with Gasteiger partial charge in [-0.3, -0.25) is 0 Å². The fraction of sp³-hybridized carbons (Fsp3) is 0. The molecule has 4 rings (SSSR count). The molecular weight excluding hydrogens is 452 g/mol. The lowest BCUT2D eigenvalue weighted by Gasteiger charge is -2.14. The standard InChI is InChI=1S/C26H20N2O7/c27-15-1-5-17(6-2-15)33-20-11-21(34-18-7-3-16(28)4-8-18)13-22(12-20)35-19-9-10-23(25(29)30)24(14-19)26(31)32/h1-14H,27-28H2,(H,29,30)(H,31,32). The number of carboxylic acids is 2. The normalized spacial score (nSPS) is 10.4. The van der Waals surface area contributed by atoms with Crippen molar-refractivity contribution in [1.29, 1.82) is 0 Å². The molecule has 4 aromatic rings. The van der Waals surface area contributed by atoms with E-state index in [4.69, 9.17) is 25.7 Å². The molecular formula is C26H20N2O7. The van der Waals surface area contributed by atoms with Crippen LogP contribution in [0.5, 0.6) is 34.5 Å². The van der Waals surface area contributed by atoms with Gasteiger partial charge in [0.2, 0.25) is 0 Å². The third kappa shape index (κ3) is 5.79. The molecule has 6 N–H and O–H groups in total. The van der Waals surface area contributed by atoms with Gasteiger partial charge >= 0.3 is 11.9 Å². The molecule has 176 valence electrons. The van der Waals surface area contributed by atoms with E-state index >= 15 is 0 Å². The highest BCUT2D eigenvalue weighted by molar-refractivity contribution is 6.02. The van der Waals surface area contributed by atoms with E-state index in [0.717, 1.165) is 6.07 Å². The van der Waals surface area contributed by atoms with Gasteiger partial charge in [-0.05, 0) is 66.7 Å². The largest absolute Gasteiger partial charge is 0.478 e. The van der Waals surface area contributed by atoms with Crippen LogP contribution in [0.15, 0.2) is 84.9 Å². The van der Waals surface area contributed by atoms with Crippen molar-refractivity contribution in [2.75, 3.05) is 11.5 Å². The summed E-state index contributed by atoms with van der Waals surface area (Å²) < 4.78 is 17.7. The van der Waals surface area contributed by atoms with Gasteiger partial charge in [-0.25, -0.2) is 9.59 Å². The maximum atomic E-state index is 11.5. The number of benzene rings is 4. The minimum atomic E-state index is -1.39. The number of hydrogen-bond acceptors (Lipinski definition) is 7. The van der Waals surface area contributed by atoms with E-state index in [0.29, 0.717) is 34.4 Å². The number of hydrogen-bond donors (Lipinski definition) is 4. The van der Waals surface area contributed by atoms with E-state index in [2.05, 4.69) is 0 Å². The van der Waals surface area contributed by atoms with Crippen LogP contribution in [0.1, 0.15) is 20.7 Å². The minimum Gasteiger partial charge on any atom is -0.478 e. The Hall–Kier alpha value is -5.18. The molecule has 9 nitrogen and oxygen atoms in total. The highest BCUT2D eigenvalue weighted by Crippen LogP contribution is 2.36. The number of anilines is 2. The molecule has 0 heterocycles. The molecule has 0 unspecified atom stereocenters. The van der Waals surface area contributed by atoms with Gasteiger partial charge in [0.15, 0.2) is 0 Å². The maximum Gasteiger partial charge on any atom is 0.336 e. The lowest BCUT2D eigenvalue weighted by Crippen LogP contribution is -2.07. The number of ether oxygens (including phenoxy) is 3. The van der Waals surface area contributed by atoms with Crippen molar-refractivity contribution in [3.8, 4) is 34.5 Å². The first-order valence-electron chi connectivity index (χ1n) is 10.3. The van der Waals surface area contributed by atoms with Crippen molar-refractivity contribution in [2.45, 2.75) is 0 Å². The summed E-state index contributed by atoms with van der Waals surface area (Å²) in [7, 11) is 0. The Kier molecular flexibility index (Phi) is 6.41. The summed E-state index contributed by atoms with van der Waals surface area (Å²) in [6.45, 7) is 0. The van der Waals surface area contributed by atoms with Crippen LogP contribution in [0.3, 0.4) is 0 Å². The van der Waals surface area contributed by atoms with Gasteiger partial charge in [0.05, 0.1) is 11.1 Å². The zero-order valence-electron chi connectivity index (χ0n) is 18.2. The van der Waals surface area contributed by atoms with Crippen LogP contribution in [0.4, 0.5) is 11.4 Å². The molecule has 0 aliphatic rings. The molecule has 9 heteroatoms. The smallest absolute Gasteiger partial charge is 0.336 e. The topological polar surface area (TPSA) is 154 Å². The number of nitrogens with two attached hydrogens (primary N) is 2. The van der Waals surface area contributed by atoms with Crippen LogP contribution < -0.4 is 25.7 Å². The molecule has 0 aromatic heterocycles. The van der Waals surface area contributed by atoms with Gasteiger partial charge < -0.3 is 35.9 Å². The first-order valence-corrected chi connectivity index (χ1v) is 10.3. The lowest BCUT2D eigenvalue weighted by molar-refractivity contribution is 0.0651. The van der Waals surface area contributed by atoms with Crippen LogP contribution in [0.2, 0.25) is 0 Å². The summed E-state index contributed by atoms with van der Waals surface area (Å²) in [5.74, 6) is -0.565. The van der Waals surface area contributed by atoms with Crippen molar-refractivity contribution >= 4 is 23.3 Å². The van der Waals surface area contributed by atoms with Crippen molar-refractivity contribution in [3.63, 3.8) is 0 Å². The third-order valence-electron chi connectivity index (χ3n) is 4.77. The third-order valence-corrected chi connectivity index (χ3v) is 4.77. The number of carboxylic acid groups (broad SMARTS) is 2. The van der Waals surface area contributed by atoms with Gasteiger partial charge in [-0.1, -0.05) is 0 Å². The van der Waals surface area contributed by atoms with Crippen LogP contribution >= 0.6 is 0 Å². The van der Waals surface area contributed by atoms with Crippen molar-refractivity contribution in [3.05, 3.63) is 96.1 Å². The fourth-order valence-corrected chi connectivity index (χ4v) is 3.15. The Bertz CT molecular complexity index is 1320. The monoisotopic (exact) mass is 472 g/mol. The Balaban J connectivity index is 1.68. The van der Waals surface area contributed by atoms with Crippen LogP contribution in [0.25, 0.3) is 0 Å². The molecule has 0 saturated carbocycles. The van der Waals surface area contributed by atoms with Gasteiger partial charge in [0, 0.05) is 29.6 Å². The highest BCUT2D eigenvalue weighted by atomic mass is 16.5. The van der Waals surface area contributed by atoms with Crippen LogP contribution in [-0.4, -0.2) is 22.2 Å². The number of carbonyl (C=O) groups is 2. The molecule has 0 saturated heterocycles. The average Bonchev–Trinajstić information content (AvgIpc) is 2.82. The second-order valence-corrected chi connectivity index (χ2v) is 7.40. The molecule has 0 fully saturated rings. The first kappa shape index (κ1) is 23.0. The zero-order chi connectivity index (χ0) is 24.9. The summed E-state index contributed by atoms with van der Waals surface area (Å²) in [5, 5.41) is 18.6. The summed E-state index contributed by atoms with van der Waals surface area (Å²) in [4.78, 5) is 22.8. The zero-order valence-corrected chi connectivity index (χ0v) is 18.2. The van der Waals surface area contributed by atoms with Crippen LogP contribution in [0, 0.1) is 0 Å². The van der Waals surface area contributed by atoms with Gasteiger partial charge in [0.25, 0.3) is 0 Å². The molecule has 35 heavy (non-hydrogen) atoms.